The van der Waals surface area contributed by atoms with E-state index in [1.54, 1.807) is 11.0 Å². The van der Waals surface area contributed by atoms with Crippen molar-refractivity contribution >= 4 is 34.6 Å². The molecule has 5 nitrogen and oxygen atoms in total. The first-order chi connectivity index (χ1) is 8.11. The summed E-state index contributed by atoms with van der Waals surface area (Å²) in [5, 5.41) is 3.02. The summed E-state index contributed by atoms with van der Waals surface area (Å²) in [5.74, 6) is 0.628. The highest BCUT2D eigenvalue weighted by Gasteiger charge is 2.24. The smallest absolute Gasteiger partial charge is 0.265 e. The number of carbonyl (C=O) groups excluding carboxylic acids is 1. The van der Waals surface area contributed by atoms with Gasteiger partial charge in [0.1, 0.15) is 5.75 Å². The van der Waals surface area contributed by atoms with E-state index < -0.39 is 0 Å². The number of nitrogens with one attached hydrogen (secondary N) is 1. The SMILES string of the molecule is CCN1C(=O)COc2cc(NC(N)=S)ccc21. The van der Waals surface area contributed by atoms with Crippen LogP contribution in [-0.4, -0.2) is 24.2 Å². The molecule has 0 radical (unpaired) electrons. The second-order valence-corrected chi connectivity index (χ2v) is 4.04. The average molecular weight is 251 g/mol. The number of thiocarbonyl (C=S) groups is 1. The topological polar surface area (TPSA) is 67.6 Å². The minimum absolute atomic E-state index is 0.0324. The fourth-order valence-electron chi connectivity index (χ4n) is 1.77. The Balaban J connectivity index is 2.34. The number of nitrogens with zero attached hydrogens (tertiary/aromatic N) is 1. The quantitative estimate of drug-likeness (QED) is 0.770. The lowest BCUT2D eigenvalue weighted by Crippen LogP contribution is -2.38. The summed E-state index contributed by atoms with van der Waals surface area (Å²) in [6.45, 7) is 2.61. The lowest BCUT2D eigenvalue weighted by Gasteiger charge is -2.28. The average Bonchev–Trinajstić information content (AvgIpc) is 2.28. The number of likely N-dealkylation sites (N-methyl/N-ethyl adjacent to an activating group) is 1. The highest BCUT2D eigenvalue weighted by atomic mass is 32.1. The monoisotopic (exact) mass is 251 g/mol. The zero-order valence-electron chi connectivity index (χ0n) is 9.40. The molecule has 0 aromatic heterocycles. The van der Waals surface area contributed by atoms with Crippen LogP contribution in [0.25, 0.3) is 0 Å². The van der Waals surface area contributed by atoms with E-state index in [-0.39, 0.29) is 17.6 Å². The van der Waals surface area contributed by atoms with Gasteiger partial charge in [-0.25, -0.2) is 0 Å². The number of nitrogens with two attached hydrogens (primary N) is 1. The summed E-state index contributed by atoms with van der Waals surface area (Å²) in [7, 11) is 0. The Morgan fingerprint density at radius 1 is 1.65 bits per heavy atom. The van der Waals surface area contributed by atoms with Crippen molar-refractivity contribution in [3.05, 3.63) is 18.2 Å². The molecular formula is C11H13N3O2S. The van der Waals surface area contributed by atoms with Crippen LogP contribution >= 0.6 is 12.2 Å². The van der Waals surface area contributed by atoms with E-state index in [0.717, 1.165) is 11.4 Å². The maximum absolute atomic E-state index is 11.6. The molecule has 6 heteroatoms. The zero-order chi connectivity index (χ0) is 12.4. The standard InChI is InChI=1S/C11H13N3O2S/c1-2-14-8-4-3-7(13-11(12)17)5-9(8)16-6-10(14)15/h3-5H,2,6H2,1H3,(H3,12,13,17). The molecule has 0 atom stereocenters. The van der Waals surface area contributed by atoms with E-state index in [4.69, 9.17) is 22.7 Å². The predicted octanol–water partition coefficient (Wildman–Crippen LogP) is 1.09. The van der Waals surface area contributed by atoms with Gasteiger partial charge in [-0.15, -0.1) is 0 Å². The number of amides is 1. The number of hydrogen-bond acceptors (Lipinski definition) is 3. The van der Waals surface area contributed by atoms with Crippen molar-refractivity contribution in [2.24, 2.45) is 5.73 Å². The Labute approximate surface area is 105 Å². The molecule has 0 aliphatic carbocycles. The molecule has 1 aromatic carbocycles. The van der Waals surface area contributed by atoms with Gasteiger partial charge in [-0.3, -0.25) is 4.79 Å². The van der Waals surface area contributed by atoms with Gasteiger partial charge >= 0.3 is 0 Å². The number of rotatable bonds is 2. The summed E-state index contributed by atoms with van der Waals surface area (Å²) >= 11 is 4.76. The maximum Gasteiger partial charge on any atom is 0.265 e. The van der Waals surface area contributed by atoms with Crippen molar-refractivity contribution in [1.82, 2.24) is 0 Å². The third-order valence-electron chi connectivity index (χ3n) is 2.49. The summed E-state index contributed by atoms with van der Waals surface area (Å²) in [6, 6.07) is 5.41. The summed E-state index contributed by atoms with van der Waals surface area (Å²) < 4.78 is 5.37. The van der Waals surface area contributed by atoms with Crippen LogP contribution in [0.15, 0.2) is 18.2 Å². The second kappa shape index (κ2) is 4.58. The van der Waals surface area contributed by atoms with Crippen molar-refractivity contribution in [1.29, 1.82) is 0 Å². The molecule has 0 bridgehead atoms. The Morgan fingerprint density at radius 2 is 2.41 bits per heavy atom. The molecule has 0 unspecified atom stereocenters. The molecule has 3 N–H and O–H groups in total. The van der Waals surface area contributed by atoms with Crippen molar-refractivity contribution in [2.45, 2.75) is 6.92 Å². The van der Waals surface area contributed by atoms with Gasteiger partial charge in [-0.05, 0) is 31.3 Å². The van der Waals surface area contributed by atoms with Gasteiger partial charge in [-0.2, -0.15) is 0 Å². The Hall–Kier alpha value is -1.82. The minimum atomic E-state index is -0.0324. The summed E-state index contributed by atoms with van der Waals surface area (Å²) in [5.41, 5.74) is 6.92. The predicted molar refractivity (Wildman–Crippen MR) is 70.4 cm³/mol. The first-order valence-corrected chi connectivity index (χ1v) is 5.66. The van der Waals surface area contributed by atoms with Crippen LogP contribution in [0.4, 0.5) is 11.4 Å². The van der Waals surface area contributed by atoms with Gasteiger partial charge in [0.25, 0.3) is 5.91 Å². The Kier molecular flexibility index (Phi) is 3.14. The number of benzene rings is 1. The Morgan fingerprint density at radius 3 is 3.06 bits per heavy atom. The van der Waals surface area contributed by atoms with Crippen LogP contribution in [0, 0.1) is 0 Å². The molecule has 1 aliphatic heterocycles. The molecular weight excluding hydrogens is 238 g/mol. The van der Waals surface area contributed by atoms with E-state index in [2.05, 4.69) is 5.32 Å². The van der Waals surface area contributed by atoms with Crippen molar-refractivity contribution < 1.29 is 9.53 Å². The van der Waals surface area contributed by atoms with E-state index in [1.807, 2.05) is 19.1 Å². The van der Waals surface area contributed by atoms with Crippen LogP contribution in [-0.2, 0) is 4.79 Å². The summed E-state index contributed by atoms with van der Waals surface area (Å²) in [6.07, 6.45) is 0. The Bertz CT molecular complexity index is 476. The van der Waals surface area contributed by atoms with E-state index in [9.17, 15) is 4.79 Å². The highest BCUT2D eigenvalue weighted by molar-refractivity contribution is 7.80. The lowest BCUT2D eigenvalue weighted by molar-refractivity contribution is -0.121. The van der Waals surface area contributed by atoms with Gasteiger partial charge < -0.3 is 20.7 Å². The third kappa shape index (κ3) is 2.31. The maximum atomic E-state index is 11.6. The van der Waals surface area contributed by atoms with Gasteiger partial charge in [0.2, 0.25) is 0 Å². The molecule has 1 aliphatic rings. The van der Waals surface area contributed by atoms with Crippen molar-refractivity contribution in [3.8, 4) is 5.75 Å². The molecule has 1 heterocycles. The first kappa shape index (κ1) is 11.7. The molecule has 17 heavy (non-hydrogen) atoms. The molecule has 1 amide bonds. The molecule has 0 saturated carbocycles. The number of hydrogen-bond donors (Lipinski definition) is 2. The number of fused-ring (bicyclic) bond motifs is 1. The fraction of sp³-hybridized carbons (Fsp3) is 0.273. The number of carbonyl (C=O) groups is 1. The third-order valence-corrected chi connectivity index (χ3v) is 2.59. The van der Waals surface area contributed by atoms with Crippen LogP contribution < -0.4 is 20.7 Å². The van der Waals surface area contributed by atoms with Gasteiger partial charge in [0.15, 0.2) is 11.7 Å². The minimum Gasteiger partial charge on any atom is -0.481 e. The number of anilines is 2. The van der Waals surface area contributed by atoms with E-state index in [1.165, 1.54) is 0 Å². The summed E-state index contributed by atoms with van der Waals surface area (Å²) in [4.78, 5) is 13.3. The fourth-order valence-corrected chi connectivity index (χ4v) is 1.89. The van der Waals surface area contributed by atoms with Crippen molar-refractivity contribution in [2.75, 3.05) is 23.4 Å². The van der Waals surface area contributed by atoms with Crippen LogP contribution in [0.5, 0.6) is 5.75 Å². The van der Waals surface area contributed by atoms with E-state index >= 15 is 0 Å². The van der Waals surface area contributed by atoms with Crippen LogP contribution in [0.3, 0.4) is 0 Å². The first-order valence-electron chi connectivity index (χ1n) is 5.25. The second-order valence-electron chi connectivity index (χ2n) is 3.60. The molecule has 90 valence electrons. The van der Waals surface area contributed by atoms with Gasteiger partial charge in [-0.1, -0.05) is 0 Å². The highest BCUT2D eigenvalue weighted by Crippen LogP contribution is 2.34. The largest absolute Gasteiger partial charge is 0.481 e. The van der Waals surface area contributed by atoms with Crippen LogP contribution in [0.2, 0.25) is 0 Å². The number of ether oxygens (including phenoxy) is 1. The van der Waals surface area contributed by atoms with Crippen LogP contribution in [0.1, 0.15) is 6.92 Å². The van der Waals surface area contributed by atoms with Gasteiger partial charge in [0.05, 0.1) is 5.69 Å². The zero-order valence-corrected chi connectivity index (χ0v) is 10.2. The molecule has 0 fully saturated rings. The van der Waals surface area contributed by atoms with E-state index in [0.29, 0.717) is 12.3 Å². The molecule has 0 spiro atoms. The van der Waals surface area contributed by atoms with Crippen molar-refractivity contribution in [3.63, 3.8) is 0 Å². The van der Waals surface area contributed by atoms with Gasteiger partial charge in [0, 0.05) is 18.3 Å². The molecule has 0 saturated heterocycles. The molecule has 2 rings (SSSR count). The normalized spacial score (nSPS) is 13.9. The molecule has 1 aromatic rings. The lowest BCUT2D eigenvalue weighted by atomic mass is 10.2.